The molecule has 2 aliphatic rings. The van der Waals surface area contributed by atoms with E-state index in [0.29, 0.717) is 0 Å². The first-order valence-electron chi connectivity index (χ1n) is 19.9. The van der Waals surface area contributed by atoms with E-state index in [9.17, 15) is 0 Å². The maximum absolute atomic E-state index is 6.69. The Morgan fingerprint density at radius 1 is 0.241 bits per heavy atom. The van der Waals surface area contributed by atoms with Gasteiger partial charge in [0.1, 0.15) is 23.0 Å². The van der Waals surface area contributed by atoms with Crippen molar-refractivity contribution in [3.05, 3.63) is 194 Å². The van der Waals surface area contributed by atoms with E-state index in [4.69, 9.17) is 9.47 Å². The second-order valence-corrected chi connectivity index (χ2v) is 15.5. The van der Waals surface area contributed by atoms with Crippen LogP contribution in [0, 0.1) is 0 Å². The molecule has 0 bridgehead atoms. The lowest BCUT2D eigenvalue weighted by Crippen LogP contribution is -1.98. The minimum atomic E-state index is 0.878. The first kappa shape index (κ1) is 31.5. The molecule has 2 heterocycles. The summed E-state index contributed by atoms with van der Waals surface area (Å²) in [5.74, 6) is 3.56. The number of ether oxygens (including phenoxy) is 2. The zero-order valence-electron chi connectivity index (χ0n) is 31.3. The predicted molar refractivity (Wildman–Crippen MR) is 241 cm³/mol. The van der Waals surface area contributed by atoms with E-state index in [1.807, 2.05) is 0 Å². The van der Waals surface area contributed by atoms with Crippen molar-refractivity contribution in [3.8, 4) is 78.6 Å². The number of hydrogen-bond donors (Lipinski definition) is 0. The summed E-state index contributed by atoms with van der Waals surface area (Å²) in [5, 5.41) is 12.0. The Kier molecular flexibility index (Phi) is 6.47. The summed E-state index contributed by atoms with van der Waals surface area (Å²) in [4.78, 5) is 0. The van der Waals surface area contributed by atoms with E-state index in [-0.39, 0.29) is 0 Å². The lowest BCUT2D eigenvalue weighted by Gasteiger charge is -2.23. The summed E-state index contributed by atoms with van der Waals surface area (Å²) in [5.41, 5.74) is 11.7. The number of fused-ring (bicyclic) bond motifs is 7. The number of hydrogen-bond acceptors (Lipinski definition) is 2. The molecule has 58 heavy (non-hydrogen) atoms. The molecule has 0 saturated carbocycles. The molecule has 0 spiro atoms. The van der Waals surface area contributed by atoms with E-state index in [2.05, 4.69) is 194 Å². The van der Waals surface area contributed by atoms with E-state index in [1.165, 1.54) is 76.1 Å². The van der Waals surface area contributed by atoms with Gasteiger partial charge in [0.2, 0.25) is 0 Å². The zero-order valence-corrected chi connectivity index (χ0v) is 31.3. The molecule has 268 valence electrons. The Labute approximate surface area is 334 Å². The third-order valence-corrected chi connectivity index (χ3v) is 12.4. The SMILES string of the molecule is c1ccc2c(-c3c4cccc(-c5ccc6c(c5)Oc5cccc7cccc-6c57)c4cc4c(-c5ccc6c(c5)Oc5cccc7cccc-6c57)cccc34)cccc2c1. The van der Waals surface area contributed by atoms with Gasteiger partial charge in [-0.05, 0) is 130 Å². The molecule has 11 aromatic carbocycles. The maximum atomic E-state index is 6.69. The molecule has 0 fully saturated rings. The molecule has 0 aromatic heterocycles. The molecule has 0 unspecified atom stereocenters. The number of benzene rings is 11. The Morgan fingerprint density at radius 3 is 1.24 bits per heavy atom. The van der Waals surface area contributed by atoms with Gasteiger partial charge in [-0.1, -0.05) is 152 Å². The van der Waals surface area contributed by atoms with Gasteiger partial charge in [-0.25, -0.2) is 0 Å². The van der Waals surface area contributed by atoms with Gasteiger partial charge in [-0.15, -0.1) is 0 Å². The van der Waals surface area contributed by atoms with Gasteiger partial charge in [0.05, 0.1) is 0 Å². The van der Waals surface area contributed by atoms with Crippen LogP contribution < -0.4 is 9.47 Å². The Morgan fingerprint density at radius 2 is 0.672 bits per heavy atom. The van der Waals surface area contributed by atoms with Gasteiger partial charge >= 0.3 is 0 Å². The standard InChI is InChI=1S/C56H32O2/c1-2-16-38-33(10-1)11-3-19-43(38)56-46-22-8-17-39(36-26-28-41-44-20-4-12-34-14-6-24-50(54(34)44)57-52(41)30-36)48(46)32-49-40(18-9-23-47(49)56)37-27-29-42-45-21-5-13-35-15-7-25-51(55(35)45)58-53(42)31-37/h1-32H. The molecule has 2 aliphatic heterocycles. The normalized spacial score (nSPS) is 12.4. The second kappa shape index (κ2) is 11.9. The summed E-state index contributed by atoms with van der Waals surface area (Å²) < 4.78 is 13.4. The molecular weight excluding hydrogens is 705 g/mol. The van der Waals surface area contributed by atoms with Crippen molar-refractivity contribution in [1.82, 2.24) is 0 Å². The smallest absolute Gasteiger partial charge is 0.135 e. The quantitative estimate of drug-likeness (QED) is 0.168. The molecule has 0 radical (unpaired) electrons. The lowest BCUT2D eigenvalue weighted by molar-refractivity contribution is 0.487. The fourth-order valence-corrected chi connectivity index (χ4v) is 9.87. The summed E-state index contributed by atoms with van der Waals surface area (Å²) >= 11 is 0. The summed E-state index contributed by atoms with van der Waals surface area (Å²) in [6, 6.07) is 70.4. The van der Waals surface area contributed by atoms with Gasteiger partial charge in [0.15, 0.2) is 0 Å². The molecule has 0 amide bonds. The van der Waals surface area contributed by atoms with Crippen molar-refractivity contribution >= 4 is 53.9 Å². The topological polar surface area (TPSA) is 18.5 Å². The largest absolute Gasteiger partial charge is 0.456 e. The Balaban J connectivity index is 1.06. The zero-order chi connectivity index (χ0) is 37.9. The van der Waals surface area contributed by atoms with Crippen LogP contribution in [0.15, 0.2) is 194 Å². The molecular formula is C56H32O2. The fraction of sp³-hybridized carbons (Fsp3) is 0. The monoisotopic (exact) mass is 736 g/mol. The van der Waals surface area contributed by atoms with E-state index in [0.717, 1.165) is 56.4 Å². The van der Waals surface area contributed by atoms with Crippen LogP contribution in [0.5, 0.6) is 23.0 Å². The van der Waals surface area contributed by atoms with Crippen molar-refractivity contribution in [2.75, 3.05) is 0 Å². The van der Waals surface area contributed by atoms with Crippen LogP contribution in [-0.2, 0) is 0 Å². The van der Waals surface area contributed by atoms with Crippen LogP contribution in [0.2, 0.25) is 0 Å². The van der Waals surface area contributed by atoms with Crippen LogP contribution in [0.3, 0.4) is 0 Å². The molecule has 0 N–H and O–H groups in total. The Hall–Kier alpha value is -7.68. The van der Waals surface area contributed by atoms with Crippen molar-refractivity contribution < 1.29 is 9.47 Å². The Bertz CT molecular complexity index is 3370. The highest BCUT2D eigenvalue weighted by atomic mass is 16.5. The van der Waals surface area contributed by atoms with Crippen molar-refractivity contribution in [3.63, 3.8) is 0 Å². The van der Waals surface area contributed by atoms with E-state index < -0.39 is 0 Å². The minimum absolute atomic E-state index is 0.878. The lowest BCUT2D eigenvalue weighted by atomic mass is 9.84. The minimum Gasteiger partial charge on any atom is -0.456 e. The first-order valence-corrected chi connectivity index (χ1v) is 19.9. The summed E-state index contributed by atoms with van der Waals surface area (Å²) in [7, 11) is 0. The average molecular weight is 737 g/mol. The highest BCUT2D eigenvalue weighted by Gasteiger charge is 2.24. The van der Waals surface area contributed by atoms with Crippen LogP contribution >= 0.6 is 0 Å². The highest BCUT2D eigenvalue weighted by molar-refractivity contribution is 6.21. The second-order valence-electron chi connectivity index (χ2n) is 15.5. The van der Waals surface area contributed by atoms with Crippen LogP contribution in [0.25, 0.3) is 109 Å². The summed E-state index contributed by atoms with van der Waals surface area (Å²) in [6.07, 6.45) is 0. The molecule has 0 saturated heterocycles. The average Bonchev–Trinajstić information content (AvgIpc) is 3.28. The fourth-order valence-electron chi connectivity index (χ4n) is 9.87. The van der Waals surface area contributed by atoms with Crippen molar-refractivity contribution in [1.29, 1.82) is 0 Å². The van der Waals surface area contributed by atoms with Crippen LogP contribution in [-0.4, -0.2) is 0 Å². The van der Waals surface area contributed by atoms with Gasteiger partial charge < -0.3 is 9.47 Å². The molecule has 13 rings (SSSR count). The van der Waals surface area contributed by atoms with E-state index >= 15 is 0 Å². The molecule has 2 nitrogen and oxygen atoms in total. The van der Waals surface area contributed by atoms with Crippen molar-refractivity contribution in [2.24, 2.45) is 0 Å². The molecule has 2 heteroatoms. The molecule has 0 atom stereocenters. The summed E-state index contributed by atoms with van der Waals surface area (Å²) in [6.45, 7) is 0. The molecule has 0 aliphatic carbocycles. The molecule has 11 aromatic rings. The van der Waals surface area contributed by atoms with Gasteiger partial charge in [-0.3, -0.25) is 0 Å². The highest BCUT2D eigenvalue weighted by Crippen LogP contribution is 2.51. The number of rotatable bonds is 3. The van der Waals surface area contributed by atoms with Gasteiger partial charge in [-0.2, -0.15) is 0 Å². The first-order chi connectivity index (χ1) is 28.7. The third kappa shape index (κ3) is 4.48. The maximum Gasteiger partial charge on any atom is 0.135 e. The van der Waals surface area contributed by atoms with Crippen LogP contribution in [0.4, 0.5) is 0 Å². The third-order valence-electron chi connectivity index (χ3n) is 12.4. The van der Waals surface area contributed by atoms with Gasteiger partial charge in [0, 0.05) is 21.9 Å². The van der Waals surface area contributed by atoms with Crippen LogP contribution in [0.1, 0.15) is 0 Å². The van der Waals surface area contributed by atoms with Gasteiger partial charge in [0.25, 0.3) is 0 Å². The predicted octanol–water partition coefficient (Wildman–Crippen LogP) is 16.0. The van der Waals surface area contributed by atoms with E-state index in [1.54, 1.807) is 0 Å². The van der Waals surface area contributed by atoms with Crippen molar-refractivity contribution in [2.45, 2.75) is 0 Å².